The number of nitrogens with two attached hydrogens (primary N) is 1. The summed E-state index contributed by atoms with van der Waals surface area (Å²) in [5, 5.41) is 0. The Morgan fingerprint density at radius 1 is 1.56 bits per heavy atom. The van der Waals surface area contributed by atoms with Gasteiger partial charge in [0.15, 0.2) is 11.6 Å². The normalized spacial score (nSPS) is 11.5. The molecule has 0 aliphatic rings. The van der Waals surface area contributed by atoms with Crippen LogP contribution in [0.3, 0.4) is 0 Å². The van der Waals surface area contributed by atoms with Crippen molar-refractivity contribution in [3.8, 4) is 5.75 Å². The van der Waals surface area contributed by atoms with Crippen LogP contribution in [-0.4, -0.2) is 7.11 Å². The van der Waals surface area contributed by atoms with Crippen LogP contribution in [0.2, 0.25) is 0 Å². The van der Waals surface area contributed by atoms with Crippen LogP contribution >= 0.6 is 12.4 Å². The van der Waals surface area contributed by atoms with Gasteiger partial charge in [-0.05, 0) is 19.4 Å². The maximum Gasteiger partial charge on any atom is 0.165 e. The van der Waals surface area contributed by atoms with E-state index < -0.39 is 0 Å². The molecule has 1 aromatic rings. The molecule has 0 aliphatic carbocycles. The molecule has 0 aliphatic heterocycles. The number of halogens is 2. The molecule has 0 unspecified atom stereocenters. The first-order chi connectivity index (χ1) is 7.06. The highest BCUT2D eigenvalue weighted by molar-refractivity contribution is 5.85. The molecule has 1 atom stereocenters. The first-order valence-corrected chi connectivity index (χ1v) is 4.78. The van der Waals surface area contributed by atoms with Crippen LogP contribution in [0.25, 0.3) is 0 Å². The lowest BCUT2D eigenvalue weighted by Gasteiger charge is -2.15. The van der Waals surface area contributed by atoms with Gasteiger partial charge in [-0.2, -0.15) is 0 Å². The van der Waals surface area contributed by atoms with Crippen molar-refractivity contribution in [3.05, 3.63) is 41.7 Å². The molecule has 0 heterocycles. The third-order valence-corrected chi connectivity index (χ3v) is 2.17. The molecule has 0 bridgehead atoms. The van der Waals surface area contributed by atoms with Gasteiger partial charge in [0, 0.05) is 11.6 Å². The molecule has 1 rings (SSSR count). The fraction of sp³-hybridized carbons (Fsp3) is 0.333. The number of hydrogen-bond acceptors (Lipinski definition) is 2. The van der Waals surface area contributed by atoms with Crippen LogP contribution < -0.4 is 10.5 Å². The molecule has 0 fully saturated rings. The highest BCUT2D eigenvalue weighted by Crippen LogP contribution is 2.29. The van der Waals surface area contributed by atoms with E-state index in [2.05, 4.69) is 6.58 Å². The van der Waals surface area contributed by atoms with Crippen LogP contribution in [0.4, 0.5) is 4.39 Å². The minimum atomic E-state index is -0.382. The maximum absolute atomic E-state index is 13.3. The number of para-hydroxylation sites is 1. The molecule has 1 aromatic carbocycles. The average molecular weight is 246 g/mol. The van der Waals surface area contributed by atoms with E-state index in [1.807, 2.05) is 6.92 Å². The molecule has 0 amide bonds. The van der Waals surface area contributed by atoms with Crippen LogP contribution in [0.1, 0.15) is 24.9 Å². The summed E-state index contributed by atoms with van der Waals surface area (Å²) in [6.45, 7) is 5.68. The van der Waals surface area contributed by atoms with Crippen molar-refractivity contribution in [2.45, 2.75) is 19.4 Å². The topological polar surface area (TPSA) is 35.2 Å². The first kappa shape index (κ1) is 14.9. The second-order valence-electron chi connectivity index (χ2n) is 3.63. The molecule has 2 N–H and O–H groups in total. The summed E-state index contributed by atoms with van der Waals surface area (Å²) in [6.07, 6.45) is 0.625. The first-order valence-electron chi connectivity index (χ1n) is 4.78. The number of hydrogen-bond donors (Lipinski definition) is 1. The van der Waals surface area contributed by atoms with Gasteiger partial charge in [-0.15, -0.1) is 19.0 Å². The SMILES string of the molecule is C=C(C)C[C@H](N)c1cccc(F)c1OC.Cl. The minimum Gasteiger partial charge on any atom is -0.493 e. The molecule has 0 saturated carbocycles. The van der Waals surface area contributed by atoms with Crippen molar-refractivity contribution in [2.75, 3.05) is 7.11 Å². The third-order valence-electron chi connectivity index (χ3n) is 2.17. The number of benzene rings is 1. The third kappa shape index (κ3) is 3.51. The van der Waals surface area contributed by atoms with Gasteiger partial charge >= 0.3 is 0 Å². The quantitative estimate of drug-likeness (QED) is 0.827. The molecule has 0 saturated heterocycles. The van der Waals surface area contributed by atoms with E-state index in [4.69, 9.17) is 10.5 Å². The van der Waals surface area contributed by atoms with Gasteiger partial charge in [-0.1, -0.05) is 17.7 Å². The summed E-state index contributed by atoms with van der Waals surface area (Å²) in [7, 11) is 1.44. The highest BCUT2D eigenvalue weighted by Gasteiger charge is 2.14. The summed E-state index contributed by atoms with van der Waals surface area (Å²) in [6, 6.07) is 4.49. The Hall–Kier alpha value is -1.06. The predicted octanol–water partition coefficient (Wildman–Crippen LogP) is 3.22. The molecule has 90 valence electrons. The van der Waals surface area contributed by atoms with Crippen LogP contribution in [0, 0.1) is 5.82 Å². The highest BCUT2D eigenvalue weighted by atomic mass is 35.5. The molecule has 0 spiro atoms. The van der Waals surface area contributed by atoms with Gasteiger partial charge < -0.3 is 10.5 Å². The lowest BCUT2D eigenvalue weighted by Crippen LogP contribution is -2.12. The van der Waals surface area contributed by atoms with Gasteiger partial charge in [0.2, 0.25) is 0 Å². The standard InChI is InChI=1S/C12H16FNO.ClH/c1-8(2)7-11(14)9-5-4-6-10(13)12(9)15-3;/h4-6,11H,1,7,14H2,2-3H3;1H/t11-;/m0./s1. The Kier molecular flexibility index (Phi) is 6.08. The Labute approximate surface area is 102 Å². The summed E-state index contributed by atoms with van der Waals surface area (Å²) < 4.78 is 18.3. The summed E-state index contributed by atoms with van der Waals surface area (Å²) >= 11 is 0. The zero-order valence-corrected chi connectivity index (χ0v) is 10.3. The van der Waals surface area contributed by atoms with Crippen LogP contribution in [0.5, 0.6) is 5.75 Å². The van der Waals surface area contributed by atoms with Crippen molar-refractivity contribution in [3.63, 3.8) is 0 Å². The summed E-state index contributed by atoms with van der Waals surface area (Å²) in [5.74, 6) is -0.154. The largest absolute Gasteiger partial charge is 0.493 e. The van der Waals surface area contributed by atoms with Crippen molar-refractivity contribution in [1.82, 2.24) is 0 Å². The van der Waals surface area contributed by atoms with Gasteiger partial charge in [0.1, 0.15) is 0 Å². The molecule has 0 aromatic heterocycles. The van der Waals surface area contributed by atoms with E-state index in [1.165, 1.54) is 13.2 Å². The van der Waals surface area contributed by atoms with Gasteiger partial charge in [0.25, 0.3) is 0 Å². The van der Waals surface area contributed by atoms with Crippen molar-refractivity contribution in [2.24, 2.45) is 5.73 Å². The smallest absolute Gasteiger partial charge is 0.165 e. The van der Waals surface area contributed by atoms with E-state index in [9.17, 15) is 4.39 Å². The predicted molar refractivity (Wildman–Crippen MR) is 66.6 cm³/mol. The minimum absolute atomic E-state index is 0. The van der Waals surface area contributed by atoms with Crippen molar-refractivity contribution >= 4 is 12.4 Å². The Bertz CT molecular complexity index is 368. The average Bonchev–Trinajstić information content (AvgIpc) is 2.16. The van der Waals surface area contributed by atoms with E-state index >= 15 is 0 Å². The Balaban J connectivity index is 0.00000225. The lowest BCUT2D eigenvalue weighted by atomic mass is 10.0. The summed E-state index contributed by atoms with van der Waals surface area (Å²) in [5.41, 5.74) is 7.58. The molecule has 4 heteroatoms. The fourth-order valence-electron chi connectivity index (χ4n) is 1.52. The molecule has 2 nitrogen and oxygen atoms in total. The van der Waals surface area contributed by atoms with E-state index in [-0.39, 0.29) is 30.0 Å². The van der Waals surface area contributed by atoms with Gasteiger partial charge in [0.05, 0.1) is 7.11 Å². The molecule has 0 radical (unpaired) electrons. The van der Waals surface area contributed by atoms with Crippen molar-refractivity contribution in [1.29, 1.82) is 0 Å². The summed E-state index contributed by atoms with van der Waals surface area (Å²) in [4.78, 5) is 0. The fourth-order valence-corrected chi connectivity index (χ4v) is 1.52. The Morgan fingerprint density at radius 3 is 2.69 bits per heavy atom. The van der Waals surface area contributed by atoms with E-state index in [0.29, 0.717) is 12.0 Å². The lowest BCUT2D eigenvalue weighted by molar-refractivity contribution is 0.377. The molecule has 16 heavy (non-hydrogen) atoms. The zero-order valence-electron chi connectivity index (χ0n) is 9.50. The van der Waals surface area contributed by atoms with Crippen LogP contribution in [-0.2, 0) is 0 Å². The maximum atomic E-state index is 13.3. The number of methoxy groups -OCH3 is 1. The van der Waals surface area contributed by atoms with E-state index in [0.717, 1.165) is 5.57 Å². The van der Waals surface area contributed by atoms with Crippen molar-refractivity contribution < 1.29 is 9.13 Å². The Morgan fingerprint density at radius 2 is 2.19 bits per heavy atom. The second kappa shape index (κ2) is 6.51. The molecular formula is C12H17ClFNO. The van der Waals surface area contributed by atoms with Gasteiger partial charge in [-0.25, -0.2) is 4.39 Å². The number of rotatable bonds is 4. The monoisotopic (exact) mass is 245 g/mol. The van der Waals surface area contributed by atoms with E-state index in [1.54, 1.807) is 12.1 Å². The molecular weight excluding hydrogens is 229 g/mol. The number of ether oxygens (including phenoxy) is 1. The van der Waals surface area contributed by atoms with Gasteiger partial charge in [-0.3, -0.25) is 0 Å². The van der Waals surface area contributed by atoms with Crippen LogP contribution in [0.15, 0.2) is 30.4 Å². The second-order valence-corrected chi connectivity index (χ2v) is 3.63. The zero-order chi connectivity index (χ0) is 11.4.